The van der Waals surface area contributed by atoms with Gasteiger partial charge in [-0.05, 0) is 29.9 Å². The number of pyridine rings is 1. The molecule has 1 aromatic heterocycles. The van der Waals surface area contributed by atoms with Crippen molar-refractivity contribution in [1.29, 1.82) is 0 Å². The molecule has 3 atom stereocenters. The third-order valence-corrected chi connectivity index (χ3v) is 4.97. The number of halogens is 1. The van der Waals surface area contributed by atoms with E-state index in [2.05, 4.69) is 32.4 Å². The van der Waals surface area contributed by atoms with E-state index in [0.717, 1.165) is 17.8 Å². The number of amides is 1. The van der Waals surface area contributed by atoms with E-state index in [-0.39, 0.29) is 9.83 Å². The molecule has 0 spiro atoms. The number of aromatic nitrogens is 1. The number of anilines is 1. The molecule has 0 N–H and O–H groups in total. The van der Waals surface area contributed by atoms with Crippen molar-refractivity contribution in [3.05, 3.63) is 29.2 Å². The Kier molecular flexibility index (Phi) is 2.36. The number of hydrogen-bond donors (Lipinski definition) is 0. The van der Waals surface area contributed by atoms with E-state index in [9.17, 15) is 4.79 Å². The Balaban J connectivity index is 2.15. The highest BCUT2D eigenvalue weighted by Crippen LogP contribution is 2.56. The highest BCUT2D eigenvalue weighted by Gasteiger charge is 2.50. The normalized spacial score (nSPS) is 30.1. The minimum atomic E-state index is 0.0354. The van der Waals surface area contributed by atoms with Gasteiger partial charge in [0.2, 0.25) is 11.6 Å². The quantitative estimate of drug-likeness (QED) is 0.414. The molecule has 0 aromatic carbocycles. The summed E-state index contributed by atoms with van der Waals surface area (Å²) in [6.45, 7) is 7.03. The monoisotopic (exact) mass is 339 g/mol. The maximum Gasteiger partial charge on any atom is 0.241 e. The summed E-state index contributed by atoms with van der Waals surface area (Å²) in [6, 6.07) is 1.89. The van der Waals surface area contributed by atoms with E-state index < -0.39 is 0 Å². The van der Waals surface area contributed by atoms with Crippen LogP contribution in [0.25, 0.3) is 4.85 Å². The van der Waals surface area contributed by atoms with Crippen molar-refractivity contribution in [3.8, 4) is 0 Å². The van der Waals surface area contributed by atoms with Crippen molar-refractivity contribution in [2.45, 2.75) is 16.3 Å². The molecule has 0 bridgehead atoms. The number of hydrogen-bond acceptors (Lipinski definition) is 2. The zero-order valence-electron chi connectivity index (χ0n) is 9.22. The number of fused-ring (bicyclic) bond motifs is 3. The highest BCUT2D eigenvalue weighted by molar-refractivity contribution is 14.1. The fourth-order valence-electron chi connectivity index (χ4n) is 2.45. The first-order chi connectivity index (χ1) is 8.13. The third-order valence-electron chi connectivity index (χ3n) is 3.51. The number of carbonyl (C=O) groups excluding carboxylic acids is 1. The Morgan fingerprint density at radius 2 is 2.41 bits per heavy atom. The van der Waals surface area contributed by atoms with Crippen molar-refractivity contribution >= 4 is 40.0 Å². The Hall–Kier alpha value is -1.16. The molecule has 1 saturated carbocycles. The number of rotatable bonds is 0. The van der Waals surface area contributed by atoms with Gasteiger partial charge in [0.15, 0.2) is 0 Å². The Labute approximate surface area is 113 Å². The van der Waals surface area contributed by atoms with E-state index in [0.29, 0.717) is 17.5 Å². The maximum absolute atomic E-state index is 12.1. The Bertz CT molecular complexity index is 551. The topological polar surface area (TPSA) is 37.6 Å². The Morgan fingerprint density at radius 1 is 1.65 bits per heavy atom. The van der Waals surface area contributed by atoms with Crippen LogP contribution in [-0.2, 0) is 4.79 Å². The fraction of sp³-hybridized carbons (Fsp3) is 0.417. The largest absolute Gasteiger partial charge is 0.299 e. The lowest BCUT2D eigenvalue weighted by molar-refractivity contribution is -0.117. The summed E-state index contributed by atoms with van der Waals surface area (Å²) < 4.78 is 0.0354. The van der Waals surface area contributed by atoms with Gasteiger partial charge in [0.25, 0.3) is 0 Å². The van der Waals surface area contributed by atoms with Crippen LogP contribution in [0.2, 0.25) is 0 Å². The first-order valence-corrected chi connectivity index (χ1v) is 6.67. The van der Waals surface area contributed by atoms with Gasteiger partial charge >= 0.3 is 0 Å². The molecule has 86 valence electrons. The third kappa shape index (κ3) is 1.54. The lowest BCUT2D eigenvalue weighted by Crippen LogP contribution is -2.34. The molecule has 1 amide bonds. The van der Waals surface area contributed by atoms with Crippen LogP contribution in [0.1, 0.15) is 17.9 Å². The zero-order valence-corrected chi connectivity index (χ0v) is 11.4. The van der Waals surface area contributed by atoms with Crippen LogP contribution in [0.3, 0.4) is 0 Å². The predicted octanol–water partition coefficient (Wildman–Crippen LogP) is 2.52. The summed E-state index contributed by atoms with van der Waals surface area (Å²) in [5.74, 6) is 1.69. The van der Waals surface area contributed by atoms with Gasteiger partial charge in [0.05, 0.1) is 10.5 Å². The molecule has 4 nitrogen and oxygen atoms in total. The van der Waals surface area contributed by atoms with Gasteiger partial charge in [-0.3, -0.25) is 14.7 Å². The SMILES string of the molecule is [C-]#[N+]c1cnc2c(c1)[C@@H]1CC1[C@@H](I)C(=O)N2C. The van der Waals surface area contributed by atoms with Gasteiger partial charge in [-0.15, -0.1) is 0 Å². The molecule has 1 fully saturated rings. The molecule has 0 radical (unpaired) electrons. The average Bonchev–Trinajstić information content (AvgIpc) is 3.15. The lowest BCUT2D eigenvalue weighted by Gasteiger charge is -2.19. The second-order valence-electron chi connectivity index (χ2n) is 4.52. The number of alkyl halides is 1. The summed E-state index contributed by atoms with van der Waals surface area (Å²) in [7, 11) is 1.77. The molecule has 1 aromatic rings. The van der Waals surface area contributed by atoms with Crippen LogP contribution in [0.4, 0.5) is 11.5 Å². The molecule has 2 aliphatic rings. The predicted molar refractivity (Wildman–Crippen MR) is 72.6 cm³/mol. The van der Waals surface area contributed by atoms with Crippen LogP contribution in [0.15, 0.2) is 12.3 Å². The molecule has 17 heavy (non-hydrogen) atoms. The van der Waals surface area contributed by atoms with Gasteiger partial charge in [-0.1, -0.05) is 22.6 Å². The molecule has 2 heterocycles. The fourth-order valence-corrected chi connectivity index (χ4v) is 3.66. The van der Waals surface area contributed by atoms with E-state index >= 15 is 0 Å². The maximum atomic E-state index is 12.1. The minimum absolute atomic E-state index is 0.0354. The van der Waals surface area contributed by atoms with Gasteiger partial charge in [-0.25, -0.2) is 4.85 Å². The minimum Gasteiger partial charge on any atom is -0.299 e. The second kappa shape index (κ2) is 3.67. The van der Waals surface area contributed by atoms with Crippen LogP contribution in [0, 0.1) is 12.5 Å². The first kappa shape index (κ1) is 11.0. The molecule has 1 unspecified atom stereocenters. The standard InChI is InChI=1S/C12H10IN3O/c1-14-6-3-9-7-4-8(7)10(13)12(17)16(2)11(9)15-5-6/h3,5,7-8,10H,4H2,2H3/t7-,8?,10-/m1/s1. The first-order valence-electron chi connectivity index (χ1n) is 5.42. The average molecular weight is 339 g/mol. The molecule has 5 heteroatoms. The van der Waals surface area contributed by atoms with Gasteiger partial charge in [0, 0.05) is 13.2 Å². The van der Waals surface area contributed by atoms with Crippen molar-refractivity contribution in [1.82, 2.24) is 4.98 Å². The molecular formula is C12H10IN3O. The number of carbonyl (C=O) groups is 1. The van der Waals surface area contributed by atoms with Crippen LogP contribution in [0.5, 0.6) is 0 Å². The van der Waals surface area contributed by atoms with Crippen LogP contribution in [-0.4, -0.2) is 21.9 Å². The number of nitrogens with zero attached hydrogens (tertiary/aromatic N) is 3. The summed E-state index contributed by atoms with van der Waals surface area (Å²) >= 11 is 2.23. The van der Waals surface area contributed by atoms with Crippen molar-refractivity contribution in [3.63, 3.8) is 0 Å². The second-order valence-corrected chi connectivity index (χ2v) is 5.87. The van der Waals surface area contributed by atoms with Crippen molar-refractivity contribution in [2.24, 2.45) is 5.92 Å². The molecule has 1 aliphatic carbocycles. The summed E-state index contributed by atoms with van der Waals surface area (Å²) in [6.07, 6.45) is 2.59. The van der Waals surface area contributed by atoms with Gasteiger partial charge in [-0.2, -0.15) is 0 Å². The molecular weight excluding hydrogens is 329 g/mol. The molecule has 0 saturated heterocycles. The smallest absolute Gasteiger partial charge is 0.241 e. The van der Waals surface area contributed by atoms with Crippen molar-refractivity contribution in [2.75, 3.05) is 11.9 Å². The molecule has 1 aliphatic heterocycles. The van der Waals surface area contributed by atoms with Crippen molar-refractivity contribution < 1.29 is 4.79 Å². The Morgan fingerprint density at radius 3 is 3.12 bits per heavy atom. The summed E-state index contributed by atoms with van der Waals surface area (Å²) in [5.41, 5.74) is 1.63. The van der Waals surface area contributed by atoms with Gasteiger partial charge < -0.3 is 0 Å². The lowest BCUT2D eigenvalue weighted by atomic mass is 10.1. The summed E-state index contributed by atoms with van der Waals surface area (Å²) in [4.78, 5) is 21.4. The van der Waals surface area contributed by atoms with E-state index in [1.165, 1.54) is 0 Å². The highest BCUT2D eigenvalue weighted by atomic mass is 127. The van der Waals surface area contributed by atoms with E-state index in [4.69, 9.17) is 6.57 Å². The van der Waals surface area contributed by atoms with E-state index in [1.54, 1.807) is 18.1 Å². The molecule has 3 rings (SSSR count). The zero-order chi connectivity index (χ0) is 12.2. The van der Waals surface area contributed by atoms with Crippen LogP contribution >= 0.6 is 22.6 Å². The van der Waals surface area contributed by atoms with Crippen LogP contribution < -0.4 is 4.90 Å². The summed E-state index contributed by atoms with van der Waals surface area (Å²) in [5, 5.41) is 0. The van der Waals surface area contributed by atoms with Gasteiger partial charge in [0.1, 0.15) is 5.82 Å². The van der Waals surface area contributed by atoms with E-state index in [1.807, 2.05) is 6.07 Å².